The van der Waals surface area contributed by atoms with E-state index in [1.54, 1.807) is 0 Å². The Morgan fingerprint density at radius 3 is 2.35 bits per heavy atom. The fourth-order valence-electron chi connectivity index (χ4n) is 3.76. The first-order chi connectivity index (χ1) is 9.45. The maximum Gasteiger partial charge on any atom is 0.335 e. The van der Waals surface area contributed by atoms with E-state index < -0.39 is 15.8 Å². The quantitative estimate of drug-likeness (QED) is 0.926. The van der Waals surface area contributed by atoms with Crippen molar-refractivity contribution in [2.75, 3.05) is 5.75 Å². The summed E-state index contributed by atoms with van der Waals surface area (Å²) in [6.45, 7) is 0. The lowest BCUT2D eigenvalue weighted by atomic mass is 9.90. The molecule has 0 amide bonds. The first kappa shape index (κ1) is 13.6. The Morgan fingerprint density at radius 1 is 1.15 bits per heavy atom. The predicted octanol–water partition coefficient (Wildman–Crippen LogP) is 2.59. The van der Waals surface area contributed by atoms with Crippen molar-refractivity contribution in [1.29, 1.82) is 0 Å². The van der Waals surface area contributed by atoms with E-state index in [0.29, 0.717) is 5.92 Å². The zero-order valence-corrected chi connectivity index (χ0v) is 12.0. The van der Waals surface area contributed by atoms with E-state index in [4.69, 9.17) is 5.11 Å². The second-order valence-corrected chi connectivity index (χ2v) is 8.08. The molecule has 3 atom stereocenters. The van der Waals surface area contributed by atoms with Gasteiger partial charge in [0.05, 0.1) is 16.2 Å². The Balaban J connectivity index is 1.76. The summed E-state index contributed by atoms with van der Waals surface area (Å²) in [5, 5.41) is 8.83. The number of fused-ring (bicyclic) bond motifs is 2. The van der Waals surface area contributed by atoms with Gasteiger partial charge in [0.25, 0.3) is 0 Å². The molecule has 0 aromatic heterocycles. The molecule has 1 N–H and O–H groups in total. The molecule has 2 aliphatic carbocycles. The van der Waals surface area contributed by atoms with Crippen LogP contribution in [0.1, 0.15) is 36.0 Å². The van der Waals surface area contributed by atoms with Gasteiger partial charge < -0.3 is 5.11 Å². The van der Waals surface area contributed by atoms with Crippen LogP contribution in [0, 0.1) is 17.8 Å². The molecule has 2 bridgehead atoms. The maximum absolute atomic E-state index is 12.4. The third-order valence-electron chi connectivity index (χ3n) is 4.78. The molecule has 4 nitrogen and oxygen atoms in total. The van der Waals surface area contributed by atoms with Gasteiger partial charge in [-0.2, -0.15) is 0 Å². The number of carboxylic acids is 1. The monoisotopic (exact) mass is 294 g/mol. The Labute approximate surface area is 118 Å². The van der Waals surface area contributed by atoms with Crippen molar-refractivity contribution < 1.29 is 18.3 Å². The molecule has 0 spiro atoms. The van der Waals surface area contributed by atoms with Gasteiger partial charge in [-0.15, -0.1) is 0 Å². The summed E-state index contributed by atoms with van der Waals surface area (Å²) in [5.41, 5.74) is 0.115. The number of hydrogen-bond acceptors (Lipinski definition) is 3. The van der Waals surface area contributed by atoms with Gasteiger partial charge in [0.2, 0.25) is 0 Å². The highest BCUT2D eigenvalue weighted by Gasteiger charge is 2.41. The smallest absolute Gasteiger partial charge is 0.335 e. The van der Waals surface area contributed by atoms with Crippen molar-refractivity contribution >= 4 is 15.8 Å². The number of sulfone groups is 1. The highest BCUT2D eigenvalue weighted by molar-refractivity contribution is 7.91. The molecule has 2 saturated carbocycles. The molecule has 5 heteroatoms. The third-order valence-corrected chi connectivity index (χ3v) is 6.64. The van der Waals surface area contributed by atoms with Crippen molar-refractivity contribution in [1.82, 2.24) is 0 Å². The Kier molecular flexibility index (Phi) is 3.32. The molecule has 0 saturated heterocycles. The van der Waals surface area contributed by atoms with Gasteiger partial charge in [0.15, 0.2) is 9.84 Å². The average Bonchev–Trinajstić information content (AvgIpc) is 3.00. The van der Waals surface area contributed by atoms with Crippen molar-refractivity contribution in [2.45, 2.75) is 30.6 Å². The summed E-state index contributed by atoms with van der Waals surface area (Å²) in [6, 6.07) is 5.53. The van der Waals surface area contributed by atoms with Crippen LogP contribution in [0.5, 0.6) is 0 Å². The van der Waals surface area contributed by atoms with Crippen LogP contribution in [0.2, 0.25) is 0 Å². The summed E-state index contributed by atoms with van der Waals surface area (Å²) in [6.07, 6.45) is 4.66. The van der Waals surface area contributed by atoms with Crippen LogP contribution in [-0.4, -0.2) is 25.2 Å². The summed E-state index contributed by atoms with van der Waals surface area (Å²) in [4.78, 5) is 11.0. The summed E-state index contributed by atoms with van der Waals surface area (Å²) < 4.78 is 24.8. The standard InChI is InChI=1S/C15H18O4S/c16-15(17)11-3-5-14(6-4-11)20(18,19)9-13-8-10-1-2-12(13)7-10/h3-6,10,12-13H,1-2,7-9H2,(H,16,17). The first-order valence-electron chi connectivity index (χ1n) is 7.02. The lowest BCUT2D eigenvalue weighted by Crippen LogP contribution is -2.21. The molecule has 2 fully saturated rings. The van der Waals surface area contributed by atoms with Gasteiger partial charge in [0.1, 0.15) is 0 Å². The van der Waals surface area contributed by atoms with Gasteiger partial charge in [-0.05, 0) is 61.3 Å². The van der Waals surface area contributed by atoms with Gasteiger partial charge >= 0.3 is 5.97 Å². The van der Waals surface area contributed by atoms with Crippen LogP contribution in [0.25, 0.3) is 0 Å². The summed E-state index contributed by atoms with van der Waals surface area (Å²) in [7, 11) is -3.30. The number of rotatable bonds is 4. The van der Waals surface area contributed by atoms with Crippen molar-refractivity contribution in [3.8, 4) is 0 Å². The lowest BCUT2D eigenvalue weighted by Gasteiger charge is -2.21. The molecule has 1 aromatic rings. The minimum Gasteiger partial charge on any atom is -0.478 e. The van der Waals surface area contributed by atoms with E-state index in [0.717, 1.165) is 12.3 Å². The number of aromatic carboxylic acids is 1. The number of hydrogen-bond donors (Lipinski definition) is 1. The second-order valence-electron chi connectivity index (χ2n) is 6.05. The molecular formula is C15H18O4S. The van der Waals surface area contributed by atoms with Gasteiger partial charge in [-0.3, -0.25) is 0 Å². The van der Waals surface area contributed by atoms with Crippen LogP contribution >= 0.6 is 0 Å². The van der Waals surface area contributed by atoms with E-state index in [1.165, 1.54) is 43.5 Å². The lowest BCUT2D eigenvalue weighted by molar-refractivity contribution is 0.0696. The minimum absolute atomic E-state index is 0.115. The van der Waals surface area contributed by atoms with E-state index in [1.807, 2.05) is 0 Å². The second kappa shape index (κ2) is 4.88. The highest BCUT2D eigenvalue weighted by atomic mass is 32.2. The molecule has 1 aromatic carbocycles. The molecule has 3 rings (SSSR count). The number of carbonyl (C=O) groups is 1. The normalized spacial score (nSPS) is 28.7. The molecule has 2 aliphatic rings. The molecule has 20 heavy (non-hydrogen) atoms. The van der Waals surface area contributed by atoms with Crippen LogP contribution in [0.15, 0.2) is 29.2 Å². The third kappa shape index (κ3) is 2.46. The minimum atomic E-state index is -3.30. The van der Waals surface area contributed by atoms with Crippen LogP contribution in [-0.2, 0) is 9.84 Å². The molecule has 108 valence electrons. The van der Waals surface area contributed by atoms with Crippen LogP contribution in [0.3, 0.4) is 0 Å². The summed E-state index contributed by atoms with van der Waals surface area (Å²) in [5.74, 6) is 0.767. The van der Waals surface area contributed by atoms with Crippen molar-refractivity contribution in [2.24, 2.45) is 17.8 Å². The predicted molar refractivity (Wildman–Crippen MR) is 74.4 cm³/mol. The molecule has 0 heterocycles. The maximum atomic E-state index is 12.4. The van der Waals surface area contributed by atoms with Gasteiger partial charge in [-0.25, -0.2) is 13.2 Å². The Bertz CT molecular complexity index is 618. The zero-order chi connectivity index (χ0) is 14.3. The zero-order valence-electron chi connectivity index (χ0n) is 11.2. The molecule has 0 aliphatic heterocycles. The SMILES string of the molecule is O=C(O)c1ccc(S(=O)(=O)CC2CC3CCC2C3)cc1. The fraction of sp³-hybridized carbons (Fsp3) is 0.533. The summed E-state index contributed by atoms with van der Waals surface area (Å²) >= 11 is 0. The van der Waals surface area contributed by atoms with E-state index in [9.17, 15) is 13.2 Å². The molecular weight excluding hydrogens is 276 g/mol. The first-order valence-corrected chi connectivity index (χ1v) is 8.67. The molecule has 0 radical (unpaired) electrons. The highest BCUT2D eigenvalue weighted by Crippen LogP contribution is 2.49. The van der Waals surface area contributed by atoms with Crippen molar-refractivity contribution in [3.05, 3.63) is 29.8 Å². The van der Waals surface area contributed by atoms with E-state index >= 15 is 0 Å². The van der Waals surface area contributed by atoms with Crippen molar-refractivity contribution in [3.63, 3.8) is 0 Å². The fourth-order valence-corrected chi connectivity index (χ4v) is 5.48. The molecule has 3 unspecified atom stereocenters. The Morgan fingerprint density at radius 2 is 1.85 bits per heavy atom. The topological polar surface area (TPSA) is 71.4 Å². The average molecular weight is 294 g/mol. The Hall–Kier alpha value is -1.36. The number of carboxylic acid groups (broad SMARTS) is 1. The van der Waals surface area contributed by atoms with E-state index in [2.05, 4.69) is 0 Å². The van der Waals surface area contributed by atoms with E-state index in [-0.39, 0.29) is 22.1 Å². The number of benzene rings is 1. The largest absolute Gasteiger partial charge is 0.478 e. The van der Waals surface area contributed by atoms with Crippen LogP contribution < -0.4 is 0 Å². The van der Waals surface area contributed by atoms with Gasteiger partial charge in [0, 0.05) is 0 Å². The van der Waals surface area contributed by atoms with Crippen LogP contribution in [0.4, 0.5) is 0 Å². The van der Waals surface area contributed by atoms with Gasteiger partial charge in [-0.1, -0.05) is 6.42 Å².